The summed E-state index contributed by atoms with van der Waals surface area (Å²) in [6.45, 7) is 4.06. The fourth-order valence-corrected chi connectivity index (χ4v) is 6.67. The number of sulfonamides is 1. The van der Waals surface area contributed by atoms with Crippen molar-refractivity contribution in [3.63, 3.8) is 0 Å². The summed E-state index contributed by atoms with van der Waals surface area (Å²) >= 11 is 1.23. The highest BCUT2D eigenvalue weighted by Gasteiger charge is 2.31. The second kappa shape index (κ2) is 8.86. The van der Waals surface area contributed by atoms with E-state index in [2.05, 4.69) is 19.1 Å². The monoisotopic (exact) mass is 471 g/mol. The molecule has 32 heavy (non-hydrogen) atoms. The van der Waals surface area contributed by atoms with Crippen molar-refractivity contribution in [1.82, 2.24) is 4.31 Å². The summed E-state index contributed by atoms with van der Waals surface area (Å²) < 4.78 is 46.1. The summed E-state index contributed by atoms with van der Waals surface area (Å²) in [4.78, 5) is 0. The highest BCUT2D eigenvalue weighted by molar-refractivity contribution is 7.91. The van der Waals surface area contributed by atoms with Gasteiger partial charge in [0.15, 0.2) is 11.5 Å². The molecule has 0 bridgehead atoms. The zero-order valence-corrected chi connectivity index (χ0v) is 19.5. The first kappa shape index (κ1) is 21.5. The number of ether oxygens (including phenoxy) is 3. The minimum Gasteiger partial charge on any atom is -0.488 e. The number of nitrogens with zero attached hydrogens (tertiary/aromatic N) is 1. The van der Waals surface area contributed by atoms with Gasteiger partial charge in [-0.05, 0) is 47.2 Å². The second-order valence-corrected chi connectivity index (χ2v) is 11.1. The van der Waals surface area contributed by atoms with Crippen LogP contribution in [-0.2, 0) is 21.3 Å². The summed E-state index contributed by atoms with van der Waals surface area (Å²) in [5, 5.41) is 1.78. The van der Waals surface area contributed by atoms with Crippen molar-refractivity contribution in [2.24, 2.45) is 0 Å². The van der Waals surface area contributed by atoms with Gasteiger partial charge in [0.2, 0.25) is 0 Å². The predicted molar refractivity (Wildman–Crippen MR) is 124 cm³/mol. The number of hydrogen-bond acceptors (Lipinski definition) is 6. The van der Waals surface area contributed by atoms with Crippen LogP contribution in [0.25, 0.3) is 11.1 Å². The van der Waals surface area contributed by atoms with E-state index >= 15 is 0 Å². The molecule has 2 aliphatic heterocycles. The average molecular weight is 472 g/mol. The normalized spacial score (nSPS) is 19.2. The molecule has 2 aromatic carbocycles. The van der Waals surface area contributed by atoms with Gasteiger partial charge in [0.05, 0.1) is 13.2 Å². The first-order valence-electron chi connectivity index (χ1n) is 10.7. The maximum absolute atomic E-state index is 13.2. The Balaban J connectivity index is 1.58. The molecule has 1 aromatic heterocycles. The van der Waals surface area contributed by atoms with E-state index in [0.29, 0.717) is 28.9 Å². The van der Waals surface area contributed by atoms with Gasteiger partial charge in [-0.1, -0.05) is 30.3 Å². The Kier molecular flexibility index (Phi) is 5.94. The quantitative estimate of drug-likeness (QED) is 0.549. The van der Waals surface area contributed by atoms with Crippen molar-refractivity contribution in [2.75, 3.05) is 26.4 Å². The van der Waals surface area contributed by atoms with Gasteiger partial charge < -0.3 is 14.2 Å². The molecule has 0 unspecified atom stereocenters. The zero-order chi connectivity index (χ0) is 22.1. The Hall–Kier alpha value is -2.39. The molecule has 8 heteroatoms. The first-order chi connectivity index (χ1) is 15.5. The lowest BCUT2D eigenvalue weighted by molar-refractivity contribution is 0.137. The molecule has 0 aliphatic carbocycles. The summed E-state index contributed by atoms with van der Waals surface area (Å²) in [6, 6.07) is 15.6. The van der Waals surface area contributed by atoms with E-state index in [0.717, 1.165) is 28.7 Å². The van der Waals surface area contributed by atoms with E-state index in [9.17, 15) is 8.42 Å². The minimum atomic E-state index is -3.59. The van der Waals surface area contributed by atoms with Crippen LogP contribution in [0.2, 0.25) is 0 Å². The minimum absolute atomic E-state index is 0.0379. The SMILES string of the molecule is Cc1ccccc1-c1cc2c(c(O[C@H]3CCOC3)c1)OCCN(S(=O)(=O)c1cccs1)C2. The third-order valence-corrected chi connectivity index (χ3v) is 9.01. The molecular weight excluding hydrogens is 446 g/mol. The molecule has 1 saturated heterocycles. The van der Waals surface area contributed by atoms with Crippen LogP contribution in [0.4, 0.5) is 0 Å². The number of fused-ring (bicyclic) bond motifs is 1. The van der Waals surface area contributed by atoms with Gasteiger partial charge in [-0.15, -0.1) is 11.3 Å². The van der Waals surface area contributed by atoms with Crippen molar-refractivity contribution in [3.8, 4) is 22.6 Å². The average Bonchev–Trinajstić information content (AvgIpc) is 3.45. The molecule has 1 fully saturated rings. The van der Waals surface area contributed by atoms with Crippen LogP contribution >= 0.6 is 11.3 Å². The van der Waals surface area contributed by atoms with Crippen LogP contribution in [0.1, 0.15) is 17.5 Å². The molecule has 6 nitrogen and oxygen atoms in total. The maximum Gasteiger partial charge on any atom is 0.252 e. The molecule has 3 aromatic rings. The summed E-state index contributed by atoms with van der Waals surface area (Å²) in [5.74, 6) is 1.27. The summed E-state index contributed by atoms with van der Waals surface area (Å²) in [6.07, 6.45) is 0.784. The molecule has 0 radical (unpaired) electrons. The molecule has 0 amide bonds. The van der Waals surface area contributed by atoms with Gasteiger partial charge in [-0.2, -0.15) is 4.31 Å². The molecule has 1 atom stereocenters. The highest BCUT2D eigenvalue weighted by atomic mass is 32.2. The van der Waals surface area contributed by atoms with Crippen LogP contribution in [0.15, 0.2) is 58.1 Å². The van der Waals surface area contributed by atoms with E-state index in [1.54, 1.807) is 17.5 Å². The molecule has 168 valence electrons. The third kappa shape index (κ3) is 4.15. The van der Waals surface area contributed by atoms with Crippen LogP contribution in [-0.4, -0.2) is 45.2 Å². The van der Waals surface area contributed by atoms with Crippen molar-refractivity contribution >= 4 is 21.4 Å². The van der Waals surface area contributed by atoms with Crippen LogP contribution in [0.5, 0.6) is 11.5 Å². The number of thiophene rings is 1. The largest absolute Gasteiger partial charge is 0.488 e. The molecule has 3 heterocycles. The highest BCUT2D eigenvalue weighted by Crippen LogP contribution is 2.41. The predicted octanol–water partition coefficient (Wildman–Crippen LogP) is 4.47. The Labute approximate surface area is 192 Å². The van der Waals surface area contributed by atoms with Crippen LogP contribution in [0, 0.1) is 6.92 Å². The van der Waals surface area contributed by atoms with E-state index in [1.165, 1.54) is 15.6 Å². The van der Waals surface area contributed by atoms with Crippen molar-refractivity contribution < 1.29 is 22.6 Å². The van der Waals surface area contributed by atoms with Gasteiger partial charge in [0, 0.05) is 25.1 Å². The van der Waals surface area contributed by atoms with Crippen LogP contribution < -0.4 is 9.47 Å². The summed E-state index contributed by atoms with van der Waals surface area (Å²) in [5.41, 5.74) is 4.01. The third-order valence-electron chi connectivity index (χ3n) is 5.79. The molecular formula is C24H25NO5S2. The molecule has 5 rings (SSSR count). The van der Waals surface area contributed by atoms with Gasteiger partial charge in [0.1, 0.15) is 16.9 Å². The Morgan fingerprint density at radius 1 is 1.12 bits per heavy atom. The number of aryl methyl sites for hydroxylation is 1. The van der Waals surface area contributed by atoms with E-state index in [-0.39, 0.29) is 25.8 Å². The van der Waals surface area contributed by atoms with Gasteiger partial charge in [0.25, 0.3) is 10.0 Å². The first-order valence-corrected chi connectivity index (χ1v) is 13.0. The second-order valence-electron chi connectivity index (χ2n) is 8.00. The Bertz CT molecular complexity index is 1200. The summed E-state index contributed by atoms with van der Waals surface area (Å²) in [7, 11) is -3.59. The number of benzene rings is 2. The van der Waals surface area contributed by atoms with Crippen molar-refractivity contribution in [2.45, 2.75) is 30.2 Å². The Morgan fingerprint density at radius 3 is 2.75 bits per heavy atom. The lowest BCUT2D eigenvalue weighted by Crippen LogP contribution is -2.32. The zero-order valence-electron chi connectivity index (χ0n) is 17.8. The number of hydrogen-bond donors (Lipinski definition) is 0. The van der Waals surface area contributed by atoms with E-state index in [4.69, 9.17) is 14.2 Å². The number of rotatable bonds is 5. The van der Waals surface area contributed by atoms with Crippen molar-refractivity contribution in [3.05, 3.63) is 65.0 Å². The molecule has 0 saturated carbocycles. The fourth-order valence-electron chi connectivity index (χ4n) is 4.13. The lowest BCUT2D eigenvalue weighted by atomic mass is 9.98. The molecule has 2 aliphatic rings. The van der Waals surface area contributed by atoms with E-state index in [1.807, 2.05) is 24.3 Å². The van der Waals surface area contributed by atoms with Crippen LogP contribution in [0.3, 0.4) is 0 Å². The van der Waals surface area contributed by atoms with E-state index < -0.39 is 10.0 Å². The fraction of sp³-hybridized carbons (Fsp3) is 0.333. The standard InChI is InChI=1S/C24H25NO5S2/c1-17-5-2-3-6-21(17)18-13-19-15-25(32(26,27)23-7-4-12-31-23)9-11-29-24(19)22(14-18)30-20-8-10-28-16-20/h2-7,12-14,20H,8-11,15-16H2,1H3/t20-/m0/s1. The van der Waals surface area contributed by atoms with Crippen molar-refractivity contribution in [1.29, 1.82) is 0 Å². The topological polar surface area (TPSA) is 65.1 Å². The van der Waals surface area contributed by atoms with Gasteiger partial charge in [-0.3, -0.25) is 0 Å². The molecule has 0 spiro atoms. The molecule has 0 N–H and O–H groups in total. The Morgan fingerprint density at radius 2 is 2.00 bits per heavy atom. The lowest BCUT2D eigenvalue weighted by Gasteiger charge is -2.20. The van der Waals surface area contributed by atoms with Gasteiger partial charge in [-0.25, -0.2) is 8.42 Å². The van der Waals surface area contributed by atoms with Gasteiger partial charge >= 0.3 is 0 Å². The smallest absolute Gasteiger partial charge is 0.252 e. The maximum atomic E-state index is 13.2.